The third-order valence-corrected chi connectivity index (χ3v) is 5.16. The molecule has 0 saturated heterocycles. The molecule has 0 bridgehead atoms. The first-order valence-corrected chi connectivity index (χ1v) is 9.12. The zero-order valence-corrected chi connectivity index (χ0v) is 16.3. The van der Waals surface area contributed by atoms with Crippen molar-refractivity contribution < 1.29 is 14.2 Å². The van der Waals surface area contributed by atoms with Crippen molar-refractivity contribution in [3.63, 3.8) is 0 Å². The maximum Gasteiger partial charge on any atom is 0.125 e. The van der Waals surface area contributed by atoms with Crippen LogP contribution < -0.4 is 4.74 Å². The van der Waals surface area contributed by atoms with Gasteiger partial charge in [0.05, 0.1) is 7.11 Å². The Labute approximate surface area is 160 Å². The Kier molecular flexibility index (Phi) is 5.50. The van der Waals surface area contributed by atoms with Crippen LogP contribution in [-0.2, 0) is 12.8 Å². The summed E-state index contributed by atoms with van der Waals surface area (Å²) in [5, 5.41) is 10.0. The number of phenolic OH excluding ortho intramolecular Hbond substituents is 1. The highest BCUT2D eigenvalue weighted by Gasteiger charge is 2.13. The van der Waals surface area contributed by atoms with Crippen molar-refractivity contribution in [2.75, 3.05) is 7.11 Å². The average Bonchev–Trinajstić information content (AvgIpc) is 2.64. The molecule has 27 heavy (non-hydrogen) atoms. The molecule has 3 rings (SSSR count). The molecule has 0 saturated carbocycles. The molecule has 0 unspecified atom stereocenters. The lowest BCUT2D eigenvalue weighted by molar-refractivity contribution is 0.406. The molecular weight excluding hydrogens is 339 g/mol. The molecule has 1 N–H and O–H groups in total. The standard InChI is InChI=1S/C24H25FO2/c1-15-8-11-23(26)17(3)22(15)10-9-19-13-20(12-16(2)24(19)27-4)18-6-5-7-21(25)14-18/h5-8,11-14,26H,9-10H2,1-4H3. The van der Waals surface area contributed by atoms with E-state index < -0.39 is 0 Å². The number of aryl methyl sites for hydroxylation is 3. The predicted molar refractivity (Wildman–Crippen MR) is 108 cm³/mol. The van der Waals surface area contributed by atoms with Crippen LogP contribution >= 0.6 is 0 Å². The molecule has 0 aromatic heterocycles. The van der Waals surface area contributed by atoms with Crippen molar-refractivity contribution in [2.24, 2.45) is 0 Å². The van der Waals surface area contributed by atoms with Crippen LogP contribution in [0.15, 0.2) is 48.5 Å². The summed E-state index contributed by atoms with van der Waals surface area (Å²) in [7, 11) is 1.68. The first kappa shape index (κ1) is 19.0. The molecule has 0 aliphatic carbocycles. The maximum atomic E-state index is 13.6. The Morgan fingerprint density at radius 3 is 2.37 bits per heavy atom. The number of hydrogen-bond donors (Lipinski definition) is 1. The van der Waals surface area contributed by atoms with Gasteiger partial charge in [0.2, 0.25) is 0 Å². The van der Waals surface area contributed by atoms with Gasteiger partial charge in [-0.1, -0.05) is 18.2 Å². The van der Waals surface area contributed by atoms with Crippen molar-refractivity contribution in [3.8, 4) is 22.6 Å². The van der Waals surface area contributed by atoms with Crippen LogP contribution in [0.3, 0.4) is 0 Å². The fourth-order valence-corrected chi connectivity index (χ4v) is 3.68. The second kappa shape index (κ2) is 7.83. The molecule has 3 heteroatoms. The summed E-state index contributed by atoms with van der Waals surface area (Å²) in [5.74, 6) is 0.950. The Morgan fingerprint density at radius 1 is 0.889 bits per heavy atom. The van der Waals surface area contributed by atoms with Crippen molar-refractivity contribution in [3.05, 3.63) is 82.2 Å². The van der Waals surface area contributed by atoms with Gasteiger partial charge in [-0.15, -0.1) is 0 Å². The summed E-state index contributed by atoms with van der Waals surface area (Å²) in [6.07, 6.45) is 1.58. The van der Waals surface area contributed by atoms with Gasteiger partial charge in [-0.25, -0.2) is 4.39 Å². The highest BCUT2D eigenvalue weighted by Crippen LogP contribution is 2.33. The molecule has 2 nitrogen and oxygen atoms in total. The highest BCUT2D eigenvalue weighted by molar-refractivity contribution is 5.67. The summed E-state index contributed by atoms with van der Waals surface area (Å²) in [6, 6.07) is 14.4. The van der Waals surface area contributed by atoms with E-state index in [9.17, 15) is 9.50 Å². The van der Waals surface area contributed by atoms with E-state index in [0.717, 1.165) is 52.0 Å². The number of ether oxygens (including phenoxy) is 1. The predicted octanol–water partition coefficient (Wildman–Crippen LogP) is 5.92. The summed E-state index contributed by atoms with van der Waals surface area (Å²) < 4.78 is 19.3. The lowest BCUT2D eigenvalue weighted by Gasteiger charge is -2.16. The van der Waals surface area contributed by atoms with E-state index in [2.05, 4.69) is 13.0 Å². The number of benzene rings is 3. The maximum absolute atomic E-state index is 13.6. The summed E-state index contributed by atoms with van der Waals surface area (Å²) in [4.78, 5) is 0. The minimum absolute atomic E-state index is 0.242. The van der Waals surface area contributed by atoms with E-state index in [1.807, 2.05) is 32.0 Å². The van der Waals surface area contributed by atoms with Gasteiger partial charge >= 0.3 is 0 Å². The van der Waals surface area contributed by atoms with Crippen LogP contribution in [0, 0.1) is 26.6 Å². The van der Waals surface area contributed by atoms with E-state index in [-0.39, 0.29) is 5.82 Å². The minimum Gasteiger partial charge on any atom is -0.508 e. The zero-order valence-electron chi connectivity index (χ0n) is 16.3. The third-order valence-electron chi connectivity index (χ3n) is 5.16. The van der Waals surface area contributed by atoms with Gasteiger partial charge in [0.25, 0.3) is 0 Å². The van der Waals surface area contributed by atoms with Gasteiger partial charge in [0.15, 0.2) is 0 Å². The molecule has 0 amide bonds. The van der Waals surface area contributed by atoms with Crippen molar-refractivity contribution >= 4 is 0 Å². The number of rotatable bonds is 5. The molecule has 3 aromatic rings. The molecule has 140 valence electrons. The van der Waals surface area contributed by atoms with E-state index in [1.165, 1.54) is 11.6 Å². The smallest absolute Gasteiger partial charge is 0.125 e. The highest BCUT2D eigenvalue weighted by atomic mass is 19.1. The van der Waals surface area contributed by atoms with E-state index in [0.29, 0.717) is 5.75 Å². The number of methoxy groups -OCH3 is 1. The normalized spacial score (nSPS) is 10.9. The second-order valence-corrected chi connectivity index (χ2v) is 7.00. The summed E-state index contributed by atoms with van der Waals surface area (Å²) in [5.41, 5.74) is 7.19. The van der Waals surface area contributed by atoms with E-state index >= 15 is 0 Å². The van der Waals surface area contributed by atoms with Gasteiger partial charge < -0.3 is 9.84 Å². The molecule has 3 aromatic carbocycles. The lowest BCUT2D eigenvalue weighted by Crippen LogP contribution is -2.01. The Hall–Kier alpha value is -2.81. The van der Waals surface area contributed by atoms with Crippen molar-refractivity contribution in [1.82, 2.24) is 0 Å². The largest absolute Gasteiger partial charge is 0.508 e. The van der Waals surface area contributed by atoms with Crippen LogP contribution in [0.25, 0.3) is 11.1 Å². The van der Waals surface area contributed by atoms with Crippen LogP contribution in [0.2, 0.25) is 0 Å². The number of aromatic hydroxyl groups is 1. The van der Waals surface area contributed by atoms with Gasteiger partial charge in [-0.3, -0.25) is 0 Å². The fourth-order valence-electron chi connectivity index (χ4n) is 3.68. The molecule has 0 fully saturated rings. The Balaban J connectivity index is 1.98. The van der Waals surface area contributed by atoms with Crippen LogP contribution in [0.1, 0.15) is 27.8 Å². The van der Waals surface area contributed by atoms with E-state index in [4.69, 9.17) is 4.74 Å². The monoisotopic (exact) mass is 364 g/mol. The first-order chi connectivity index (χ1) is 12.9. The number of phenols is 1. The average molecular weight is 364 g/mol. The van der Waals surface area contributed by atoms with Crippen LogP contribution in [0.5, 0.6) is 11.5 Å². The van der Waals surface area contributed by atoms with Gasteiger partial charge in [0.1, 0.15) is 17.3 Å². The topological polar surface area (TPSA) is 29.5 Å². The van der Waals surface area contributed by atoms with Crippen molar-refractivity contribution in [1.29, 1.82) is 0 Å². The third kappa shape index (κ3) is 3.97. The SMILES string of the molecule is COc1c(C)cc(-c2cccc(F)c2)cc1CCc1c(C)ccc(O)c1C. The fraction of sp³-hybridized carbons (Fsp3) is 0.250. The first-order valence-electron chi connectivity index (χ1n) is 9.12. The molecule has 0 heterocycles. The zero-order chi connectivity index (χ0) is 19.6. The molecule has 0 aliphatic rings. The Morgan fingerprint density at radius 2 is 1.67 bits per heavy atom. The number of halogens is 1. The van der Waals surface area contributed by atoms with Crippen LogP contribution in [-0.4, -0.2) is 12.2 Å². The molecular formula is C24H25FO2. The van der Waals surface area contributed by atoms with Gasteiger partial charge in [0, 0.05) is 0 Å². The van der Waals surface area contributed by atoms with Gasteiger partial charge in [-0.05, 0) is 103 Å². The van der Waals surface area contributed by atoms with Crippen LogP contribution in [0.4, 0.5) is 4.39 Å². The molecule has 0 aliphatic heterocycles. The van der Waals surface area contributed by atoms with Crippen molar-refractivity contribution in [2.45, 2.75) is 33.6 Å². The quantitative estimate of drug-likeness (QED) is 0.609. The molecule has 0 atom stereocenters. The summed E-state index contributed by atoms with van der Waals surface area (Å²) in [6.45, 7) is 6.02. The number of hydrogen-bond acceptors (Lipinski definition) is 2. The molecule has 0 radical (unpaired) electrons. The van der Waals surface area contributed by atoms with Gasteiger partial charge in [-0.2, -0.15) is 0 Å². The van der Waals surface area contributed by atoms with E-state index in [1.54, 1.807) is 25.3 Å². The Bertz CT molecular complexity index is 976. The second-order valence-electron chi connectivity index (χ2n) is 7.00. The summed E-state index contributed by atoms with van der Waals surface area (Å²) >= 11 is 0. The lowest BCUT2D eigenvalue weighted by atomic mass is 9.92. The molecule has 0 spiro atoms. The minimum atomic E-state index is -0.242.